The lowest BCUT2D eigenvalue weighted by Gasteiger charge is -2.20. The Morgan fingerprint density at radius 2 is 1.76 bits per heavy atom. The van der Waals surface area contributed by atoms with E-state index in [-0.39, 0.29) is 22.8 Å². The lowest BCUT2D eigenvalue weighted by Crippen LogP contribution is -2.26. The zero-order valence-electron chi connectivity index (χ0n) is 17.7. The van der Waals surface area contributed by atoms with Crippen LogP contribution in [0.3, 0.4) is 0 Å². The number of benzene rings is 3. The van der Waals surface area contributed by atoms with Gasteiger partial charge in [-0.1, -0.05) is 48.0 Å². The summed E-state index contributed by atoms with van der Waals surface area (Å²) in [7, 11) is 0. The summed E-state index contributed by atoms with van der Waals surface area (Å²) in [5.41, 5.74) is 1.03. The van der Waals surface area contributed by atoms with E-state index in [1.807, 2.05) is 0 Å². The molecular formula is C24H19ClN2O7. The molecule has 4 rings (SSSR count). The fourth-order valence-corrected chi connectivity index (χ4v) is 3.58. The van der Waals surface area contributed by atoms with E-state index in [4.69, 9.17) is 25.8 Å². The van der Waals surface area contributed by atoms with Crippen molar-refractivity contribution in [3.05, 3.63) is 93.0 Å². The van der Waals surface area contributed by atoms with E-state index in [2.05, 4.69) is 5.32 Å². The Hall–Kier alpha value is -4.11. The molecular weight excluding hydrogens is 464 g/mol. The normalized spacial score (nSPS) is 13.0. The predicted octanol–water partition coefficient (Wildman–Crippen LogP) is 4.49. The number of amides is 1. The smallest absolute Gasteiger partial charge is 0.311 e. The van der Waals surface area contributed by atoms with Gasteiger partial charge in [-0.2, -0.15) is 0 Å². The van der Waals surface area contributed by atoms with Gasteiger partial charge in [0.1, 0.15) is 13.2 Å². The first-order valence-electron chi connectivity index (χ1n) is 10.3. The lowest BCUT2D eigenvalue weighted by atomic mass is 10.1. The molecule has 9 nitrogen and oxygen atoms in total. The zero-order chi connectivity index (χ0) is 24.1. The number of anilines is 1. The van der Waals surface area contributed by atoms with Gasteiger partial charge >= 0.3 is 5.97 Å². The van der Waals surface area contributed by atoms with Gasteiger partial charge in [0.25, 0.3) is 11.6 Å². The summed E-state index contributed by atoms with van der Waals surface area (Å²) >= 11 is 6.09. The largest absolute Gasteiger partial charge is 0.486 e. The summed E-state index contributed by atoms with van der Waals surface area (Å²) in [4.78, 5) is 36.1. The number of hydrogen-bond donors (Lipinski definition) is 1. The molecule has 1 heterocycles. The molecule has 1 aliphatic rings. The van der Waals surface area contributed by atoms with Crippen molar-refractivity contribution in [1.82, 2.24) is 0 Å². The Labute approximate surface area is 199 Å². The molecule has 1 unspecified atom stereocenters. The molecule has 3 aromatic carbocycles. The Bertz CT molecular complexity index is 1230. The fraction of sp³-hybridized carbons (Fsp3) is 0.167. The molecule has 34 heavy (non-hydrogen) atoms. The quantitative estimate of drug-likeness (QED) is 0.299. The second kappa shape index (κ2) is 10.2. The highest BCUT2D eigenvalue weighted by molar-refractivity contribution is 6.34. The molecule has 0 aliphatic carbocycles. The second-order valence-electron chi connectivity index (χ2n) is 7.35. The van der Waals surface area contributed by atoms with Gasteiger partial charge in [0.2, 0.25) is 6.10 Å². The number of non-ortho nitro benzene ring substituents is 1. The number of hydrogen-bond acceptors (Lipinski definition) is 7. The van der Waals surface area contributed by atoms with Gasteiger partial charge in [-0.05, 0) is 23.8 Å². The first kappa shape index (κ1) is 23.1. The third-order valence-corrected chi connectivity index (χ3v) is 5.28. The number of nitrogens with zero attached hydrogens (tertiary/aromatic N) is 1. The Balaban J connectivity index is 1.50. The van der Waals surface area contributed by atoms with Crippen LogP contribution in [0.1, 0.15) is 17.2 Å². The molecule has 0 bridgehead atoms. The van der Waals surface area contributed by atoms with Crippen molar-refractivity contribution in [3.8, 4) is 11.5 Å². The van der Waals surface area contributed by atoms with E-state index >= 15 is 0 Å². The van der Waals surface area contributed by atoms with Gasteiger partial charge in [-0.25, -0.2) is 0 Å². The average Bonchev–Trinajstić information content (AvgIpc) is 2.84. The summed E-state index contributed by atoms with van der Waals surface area (Å²) in [6.07, 6.45) is -1.36. The molecule has 1 atom stereocenters. The number of carbonyl (C=O) groups excluding carboxylic acids is 2. The van der Waals surface area contributed by atoms with Gasteiger partial charge in [-0.15, -0.1) is 0 Å². The predicted molar refractivity (Wildman–Crippen MR) is 123 cm³/mol. The monoisotopic (exact) mass is 482 g/mol. The number of nitro groups is 1. The van der Waals surface area contributed by atoms with Crippen LogP contribution < -0.4 is 14.8 Å². The number of nitrogens with one attached hydrogen (secondary N) is 1. The van der Waals surface area contributed by atoms with Crippen molar-refractivity contribution in [3.63, 3.8) is 0 Å². The van der Waals surface area contributed by atoms with Crippen molar-refractivity contribution in [2.75, 3.05) is 18.5 Å². The molecule has 1 aliphatic heterocycles. The summed E-state index contributed by atoms with van der Waals surface area (Å²) in [6, 6.07) is 17.3. The minimum absolute atomic E-state index is 0.0167. The highest BCUT2D eigenvalue weighted by atomic mass is 35.5. The van der Waals surface area contributed by atoms with E-state index in [0.717, 1.165) is 6.07 Å². The Morgan fingerprint density at radius 1 is 1.03 bits per heavy atom. The van der Waals surface area contributed by atoms with Gasteiger partial charge in [0, 0.05) is 17.7 Å². The van der Waals surface area contributed by atoms with Crippen LogP contribution >= 0.6 is 11.6 Å². The summed E-state index contributed by atoms with van der Waals surface area (Å²) in [6.45, 7) is 0.878. The van der Waals surface area contributed by atoms with Gasteiger partial charge in [0.05, 0.1) is 22.1 Å². The van der Waals surface area contributed by atoms with E-state index in [9.17, 15) is 19.7 Å². The van der Waals surface area contributed by atoms with Crippen LogP contribution in [0.4, 0.5) is 11.4 Å². The molecule has 3 aromatic rings. The fourth-order valence-electron chi connectivity index (χ4n) is 3.36. The van der Waals surface area contributed by atoms with Crippen LogP contribution in [-0.4, -0.2) is 30.0 Å². The molecule has 1 amide bonds. The number of ether oxygens (including phenoxy) is 3. The van der Waals surface area contributed by atoms with Gasteiger partial charge < -0.3 is 19.5 Å². The molecule has 0 saturated heterocycles. The molecule has 0 aromatic heterocycles. The number of esters is 1. The Morgan fingerprint density at radius 3 is 2.47 bits per heavy atom. The molecule has 10 heteroatoms. The number of rotatable bonds is 7. The van der Waals surface area contributed by atoms with Crippen molar-refractivity contribution < 1.29 is 28.7 Å². The minimum atomic E-state index is -1.27. The highest BCUT2D eigenvalue weighted by Crippen LogP contribution is 2.32. The maximum Gasteiger partial charge on any atom is 0.311 e. The van der Waals surface area contributed by atoms with Gasteiger partial charge in [-0.3, -0.25) is 19.7 Å². The number of fused-ring (bicyclic) bond motifs is 1. The van der Waals surface area contributed by atoms with Crippen molar-refractivity contribution in [2.45, 2.75) is 12.5 Å². The SMILES string of the molecule is O=C(Cc1ccc2c(c1)OCCO2)OC(C(=O)Nc1ccc([N+](=O)[O-])cc1Cl)c1ccccc1. The first-order chi connectivity index (χ1) is 16.4. The van der Waals surface area contributed by atoms with Crippen LogP contribution in [0.15, 0.2) is 66.7 Å². The van der Waals surface area contributed by atoms with E-state index in [1.54, 1.807) is 48.5 Å². The summed E-state index contributed by atoms with van der Waals surface area (Å²) in [5, 5.41) is 13.5. The number of halogens is 1. The van der Waals surface area contributed by atoms with E-state index < -0.39 is 22.9 Å². The van der Waals surface area contributed by atoms with Crippen molar-refractivity contribution in [1.29, 1.82) is 0 Å². The van der Waals surface area contributed by atoms with Crippen molar-refractivity contribution in [2.24, 2.45) is 0 Å². The molecule has 1 N–H and O–H groups in total. The van der Waals surface area contributed by atoms with Crippen molar-refractivity contribution >= 4 is 34.9 Å². The maximum absolute atomic E-state index is 13.0. The standard InChI is InChI=1S/C24H19ClN2O7/c25-18-14-17(27(30)31)7-8-19(18)26-24(29)23(16-4-2-1-3-5-16)34-22(28)13-15-6-9-20-21(12-15)33-11-10-32-20/h1-9,12,14,23H,10-11,13H2,(H,26,29). The highest BCUT2D eigenvalue weighted by Gasteiger charge is 2.26. The van der Waals surface area contributed by atoms with Gasteiger partial charge in [0.15, 0.2) is 11.5 Å². The lowest BCUT2D eigenvalue weighted by molar-refractivity contribution is -0.384. The Kier molecular flexibility index (Phi) is 6.93. The minimum Gasteiger partial charge on any atom is -0.486 e. The topological polar surface area (TPSA) is 117 Å². The third-order valence-electron chi connectivity index (χ3n) is 4.97. The zero-order valence-corrected chi connectivity index (χ0v) is 18.5. The van der Waals surface area contributed by atoms with Crippen LogP contribution in [0.25, 0.3) is 0 Å². The second-order valence-corrected chi connectivity index (χ2v) is 7.75. The molecule has 174 valence electrons. The molecule has 0 radical (unpaired) electrons. The van der Waals surface area contributed by atoms with Crippen LogP contribution in [0.5, 0.6) is 11.5 Å². The maximum atomic E-state index is 13.0. The molecule has 0 saturated carbocycles. The summed E-state index contributed by atoms with van der Waals surface area (Å²) in [5.74, 6) is -0.139. The molecule has 0 spiro atoms. The average molecular weight is 483 g/mol. The van der Waals surface area contributed by atoms with Crippen LogP contribution in [0, 0.1) is 10.1 Å². The van der Waals surface area contributed by atoms with E-state index in [0.29, 0.717) is 35.8 Å². The van der Waals surface area contributed by atoms with E-state index in [1.165, 1.54) is 12.1 Å². The van der Waals surface area contributed by atoms with Crippen LogP contribution in [0.2, 0.25) is 5.02 Å². The molecule has 0 fully saturated rings. The number of carbonyl (C=O) groups is 2. The third kappa shape index (κ3) is 5.44. The van der Waals surface area contributed by atoms with Crippen LogP contribution in [-0.2, 0) is 20.7 Å². The first-order valence-corrected chi connectivity index (χ1v) is 10.7. The summed E-state index contributed by atoms with van der Waals surface area (Å²) < 4.78 is 16.6. The number of nitro benzene ring substituents is 1.